The molecule has 0 radical (unpaired) electrons. The number of piperazine rings is 1. The largest absolute Gasteiger partial charge is 0.338 e. The molecule has 7 heteroatoms. The molecule has 1 amide bonds. The molecule has 1 saturated heterocycles. The van der Waals surface area contributed by atoms with Crippen LogP contribution in [0.3, 0.4) is 0 Å². The summed E-state index contributed by atoms with van der Waals surface area (Å²) in [6.45, 7) is 7.57. The van der Waals surface area contributed by atoms with Gasteiger partial charge in [-0.05, 0) is 23.4 Å². The summed E-state index contributed by atoms with van der Waals surface area (Å²) < 4.78 is 1.59. The molecule has 2 rings (SSSR count). The van der Waals surface area contributed by atoms with Crippen LogP contribution in [0, 0.1) is 5.92 Å². The van der Waals surface area contributed by atoms with Crippen molar-refractivity contribution in [3.8, 4) is 0 Å². The molecule has 2 unspecified atom stereocenters. The molecule has 0 bridgehead atoms. The van der Waals surface area contributed by atoms with Crippen LogP contribution in [0.2, 0.25) is 0 Å². The number of hydrogen-bond acceptors (Lipinski definition) is 5. The van der Waals surface area contributed by atoms with Gasteiger partial charge in [0.25, 0.3) is 0 Å². The maximum Gasteiger partial charge on any atom is 0.247 e. The maximum absolute atomic E-state index is 12.7. The topological polar surface area (TPSA) is 67.2 Å². The molecule has 1 aromatic rings. The van der Waals surface area contributed by atoms with Crippen molar-refractivity contribution >= 4 is 5.91 Å². The van der Waals surface area contributed by atoms with Crippen molar-refractivity contribution in [1.29, 1.82) is 0 Å². The highest BCUT2D eigenvalue weighted by Gasteiger charge is 2.32. The van der Waals surface area contributed by atoms with E-state index < -0.39 is 0 Å². The number of aromatic nitrogens is 4. The van der Waals surface area contributed by atoms with Gasteiger partial charge in [-0.15, -0.1) is 5.10 Å². The summed E-state index contributed by atoms with van der Waals surface area (Å²) in [5.74, 6) is 0.352. The average molecular weight is 266 g/mol. The Morgan fingerprint density at radius 1 is 1.32 bits per heavy atom. The van der Waals surface area contributed by atoms with Crippen LogP contribution in [-0.2, 0) is 4.79 Å². The van der Waals surface area contributed by atoms with Crippen LogP contribution in [-0.4, -0.2) is 69.1 Å². The second-order valence-corrected chi connectivity index (χ2v) is 5.25. The zero-order chi connectivity index (χ0) is 13.8. The summed E-state index contributed by atoms with van der Waals surface area (Å²) in [5.41, 5.74) is 0. The normalized spacial score (nSPS) is 20.3. The van der Waals surface area contributed by atoms with E-state index in [1.54, 1.807) is 4.68 Å². The number of amides is 1. The lowest BCUT2D eigenvalue weighted by Crippen LogP contribution is -2.50. The lowest BCUT2D eigenvalue weighted by Gasteiger charge is -2.35. The van der Waals surface area contributed by atoms with Crippen molar-refractivity contribution in [3.05, 3.63) is 6.33 Å². The van der Waals surface area contributed by atoms with E-state index in [0.717, 1.165) is 32.6 Å². The third-order valence-electron chi connectivity index (χ3n) is 3.90. The Morgan fingerprint density at radius 2 is 2.00 bits per heavy atom. The maximum atomic E-state index is 12.7. The summed E-state index contributed by atoms with van der Waals surface area (Å²) in [4.78, 5) is 16.9. The molecule has 0 N–H and O–H groups in total. The molecule has 19 heavy (non-hydrogen) atoms. The van der Waals surface area contributed by atoms with E-state index in [9.17, 15) is 4.79 Å². The fourth-order valence-corrected chi connectivity index (χ4v) is 2.35. The van der Waals surface area contributed by atoms with Crippen molar-refractivity contribution in [2.24, 2.45) is 5.92 Å². The second-order valence-electron chi connectivity index (χ2n) is 5.25. The van der Waals surface area contributed by atoms with Crippen molar-refractivity contribution in [2.75, 3.05) is 33.2 Å². The predicted molar refractivity (Wildman–Crippen MR) is 70.4 cm³/mol. The number of nitrogens with zero attached hydrogens (tertiary/aromatic N) is 6. The highest BCUT2D eigenvalue weighted by molar-refractivity contribution is 5.80. The van der Waals surface area contributed by atoms with E-state index in [1.807, 2.05) is 4.90 Å². The van der Waals surface area contributed by atoms with Gasteiger partial charge in [-0.1, -0.05) is 20.3 Å². The van der Waals surface area contributed by atoms with E-state index in [-0.39, 0.29) is 17.9 Å². The average Bonchev–Trinajstić information content (AvgIpc) is 2.93. The van der Waals surface area contributed by atoms with Crippen LogP contribution >= 0.6 is 0 Å². The van der Waals surface area contributed by atoms with Crippen molar-refractivity contribution < 1.29 is 4.79 Å². The molecule has 1 aliphatic heterocycles. The zero-order valence-electron chi connectivity index (χ0n) is 11.9. The first-order valence-corrected chi connectivity index (χ1v) is 6.83. The van der Waals surface area contributed by atoms with Gasteiger partial charge in [-0.3, -0.25) is 4.79 Å². The first-order chi connectivity index (χ1) is 9.13. The van der Waals surface area contributed by atoms with Gasteiger partial charge in [-0.2, -0.15) is 0 Å². The Bertz CT molecular complexity index is 398. The predicted octanol–water partition coefficient (Wildman–Crippen LogP) is 0.0343. The Kier molecular flexibility index (Phi) is 4.47. The van der Waals surface area contributed by atoms with Crippen molar-refractivity contribution in [1.82, 2.24) is 30.0 Å². The smallest absolute Gasteiger partial charge is 0.247 e. The van der Waals surface area contributed by atoms with E-state index in [4.69, 9.17) is 0 Å². The lowest BCUT2D eigenvalue weighted by molar-refractivity contribution is -0.138. The number of rotatable bonds is 4. The van der Waals surface area contributed by atoms with Crippen molar-refractivity contribution in [2.45, 2.75) is 26.3 Å². The summed E-state index contributed by atoms with van der Waals surface area (Å²) in [6, 6.07) is -0.289. The molecule has 2 atom stereocenters. The number of likely N-dealkylation sites (N-methyl/N-ethyl adjacent to an activating group) is 1. The summed E-state index contributed by atoms with van der Waals surface area (Å²) in [6.07, 6.45) is 2.45. The van der Waals surface area contributed by atoms with E-state index in [2.05, 4.69) is 41.3 Å². The van der Waals surface area contributed by atoms with Crippen LogP contribution in [0.1, 0.15) is 26.3 Å². The quantitative estimate of drug-likeness (QED) is 0.769. The highest BCUT2D eigenvalue weighted by atomic mass is 16.2. The van der Waals surface area contributed by atoms with Gasteiger partial charge >= 0.3 is 0 Å². The first-order valence-electron chi connectivity index (χ1n) is 6.83. The minimum atomic E-state index is -0.289. The van der Waals surface area contributed by atoms with Crippen LogP contribution in [0.4, 0.5) is 0 Å². The molecular formula is C12H22N6O. The molecule has 1 fully saturated rings. The zero-order valence-corrected chi connectivity index (χ0v) is 11.9. The molecule has 106 valence electrons. The van der Waals surface area contributed by atoms with Crippen LogP contribution in [0.15, 0.2) is 6.33 Å². The summed E-state index contributed by atoms with van der Waals surface area (Å²) >= 11 is 0. The van der Waals surface area contributed by atoms with E-state index in [1.165, 1.54) is 6.33 Å². The van der Waals surface area contributed by atoms with E-state index in [0.29, 0.717) is 0 Å². The molecule has 0 saturated carbocycles. The molecule has 2 heterocycles. The minimum Gasteiger partial charge on any atom is -0.338 e. The van der Waals surface area contributed by atoms with Gasteiger partial charge in [0.05, 0.1) is 0 Å². The number of carbonyl (C=O) groups is 1. The number of tetrazole rings is 1. The lowest BCUT2D eigenvalue weighted by atomic mass is 9.98. The monoisotopic (exact) mass is 266 g/mol. The van der Waals surface area contributed by atoms with Gasteiger partial charge in [0.15, 0.2) is 0 Å². The summed E-state index contributed by atoms with van der Waals surface area (Å²) in [7, 11) is 2.08. The number of hydrogen-bond donors (Lipinski definition) is 0. The Balaban J connectivity index is 2.12. The molecule has 1 aromatic heterocycles. The number of carbonyl (C=O) groups excluding carboxylic acids is 1. The Labute approximate surface area is 113 Å². The molecule has 7 nitrogen and oxygen atoms in total. The standard InChI is InChI=1S/C12H22N6O/c1-4-10(2)11(18-9-13-14-15-18)12(19)17-7-5-16(3)6-8-17/h9-11H,4-8H2,1-3H3. The molecule has 0 aromatic carbocycles. The van der Waals surface area contributed by atoms with Gasteiger partial charge in [0.1, 0.15) is 12.4 Å². The summed E-state index contributed by atoms with van der Waals surface area (Å²) in [5, 5.41) is 11.2. The SMILES string of the molecule is CCC(C)C(C(=O)N1CCN(C)CC1)n1cnnn1. The fraction of sp³-hybridized carbons (Fsp3) is 0.833. The molecule has 0 spiro atoms. The molecule has 0 aliphatic carbocycles. The van der Waals surface area contributed by atoms with Crippen LogP contribution in [0.25, 0.3) is 0 Å². The van der Waals surface area contributed by atoms with Crippen molar-refractivity contribution in [3.63, 3.8) is 0 Å². The van der Waals surface area contributed by atoms with Crippen LogP contribution in [0.5, 0.6) is 0 Å². The van der Waals surface area contributed by atoms with Gasteiger partial charge in [0, 0.05) is 26.2 Å². The minimum absolute atomic E-state index is 0.134. The molecule has 1 aliphatic rings. The molecular weight excluding hydrogens is 244 g/mol. The van der Waals surface area contributed by atoms with E-state index >= 15 is 0 Å². The van der Waals surface area contributed by atoms with Gasteiger partial charge in [0.2, 0.25) is 5.91 Å². The Morgan fingerprint density at radius 3 is 2.53 bits per heavy atom. The van der Waals surface area contributed by atoms with Crippen LogP contribution < -0.4 is 0 Å². The first kappa shape index (κ1) is 13.9. The van der Waals surface area contributed by atoms with Gasteiger partial charge in [-0.25, -0.2) is 4.68 Å². The third kappa shape index (κ3) is 3.09. The van der Waals surface area contributed by atoms with Gasteiger partial charge < -0.3 is 9.80 Å². The fourth-order valence-electron chi connectivity index (χ4n) is 2.35. The second kappa shape index (κ2) is 6.10. The highest BCUT2D eigenvalue weighted by Crippen LogP contribution is 2.22. The Hall–Kier alpha value is -1.50. The third-order valence-corrected chi connectivity index (χ3v) is 3.90.